The van der Waals surface area contributed by atoms with Crippen LogP contribution in [0.25, 0.3) is 0 Å². The molecule has 0 bridgehead atoms. The van der Waals surface area contributed by atoms with E-state index in [1.165, 1.54) is 6.92 Å². The topological polar surface area (TPSA) is 38.3 Å². The quantitative estimate of drug-likeness (QED) is 0.610. The summed E-state index contributed by atoms with van der Waals surface area (Å²) in [6, 6.07) is 0. The first-order chi connectivity index (χ1) is 5.77. The average molecular weight is 190 g/mol. The number of hydrogen-bond acceptors (Lipinski definition) is 3. The molecule has 0 heterocycles. The third kappa shape index (κ3) is 9.78. The van der Waals surface area contributed by atoms with Gasteiger partial charge in [-0.2, -0.15) is 11.8 Å². The number of rotatable bonds is 7. The maximum atomic E-state index is 10.4. The zero-order valence-corrected chi connectivity index (χ0v) is 8.45. The van der Waals surface area contributed by atoms with Crippen molar-refractivity contribution in [3.63, 3.8) is 0 Å². The van der Waals surface area contributed by atoms with E-state index in [2.05, 4.69) is 5.32 Å². The lowest BCUT2D eigenvalue weighted by atomic mass is 10.6. The molecule has 4 heteroatoms. The molecule has 0 spiro atoms. The van der Waals surface area contributed by atoms with E-state index in [9.17, 15) is 4.79 Å². The molecule has 12 heavy (non-hydrogen) atoms. The molecule has 1 radical (unpaired) electrons. The van der Waals surface area contributed by atoms with E-state index < -0.39 is 0 Å². The van der Waals surface area contributed by atoms with Crippen LogP contribution in [0.2, 0.25) is 0 Å². The van der Waals surface area contributed by atoms with Crippen LogP contribution < -0.4 is 5.32 Å². The number of carbonyl (C=O) groups excluding carboxylic acids is 1. The highest BCUT2D eigenvalue weighted by Crippen LogP contribution is 1.99. The normalized spacial score (nSPS) is 9.83. The summed E-state index contributed by atoms with van der Waals surface area (Å²) >= 11 is 1.74. The fourth-order valence-electron chi connectivity index (χ4n) is 0.590. The van der Waals surface area contributed by atoms with E-state index in [0.717, 1.165) is 24.7 Å². The molecular formula is C8H16NO2S. The number of amides is 1. The molecule has 1 N–H and O–H groups in total. The van der Waals surface area contributed by atoms with E-state index in [4.69, 9.17) is 4.74 Å². The second-order valence-electron chi connectivity index (χ2n) is 2.18. The monoisotopic (exact) mass is 190 g/mol. The fraction of sp³-hybridized carbons (Fsp3) is 0.750. The van der Waals surface area contributed by atoms with Gasteiger partial charge in [0.1, 0.15) is 0 Å². The molecule has 3 nitrogen and oxygen atoms in total. The summed E-state index contributed by atoms with van der Waals surface area (Å²) in [6.07, 6.45) is 0. The Morgan fingerprint density at radius 2 is 2.42 bits per heavy atom. The molecule has 0 saturated carbocycles. The van der Waals surface area contributed by atoms with Gasteiger partial charge in [0.15, 0.2) is 0 Å². The van der Waals surface area contributed by atoms with E-state index in [-0.39, 0.29) is 5.91 Å². The molecule has 0 aliphatic rings. The highest BCUT2D eigenvalue weighted by atomic mass is 32.2. The highest BCUT2D eigenvalue weighted by Gasteiger charge is 1.91. The zero-order valence-electron chi connectivity index (χ0n) is 7.63. The summed E-state index contributed by atoms with van der Waals surface area (Å²) in [5.41, 5.74) is 0. The highest BCUT2D eigenvalue weighted by molar-refractivity contribution is 7.99. The van der Waals surface area contributed by atoms with Crippen molar-refractivity contribution in [2.75, 3.05) is 24.7 Å². The summed E-state index contributed by atoms with van der Waals surface area (Å²) in [7, 11) is 0. The van der Waals surface area contributed by atoms with Crippen molar-refractivity contribution < 1.29 is 9.53 Å². The lowest BCUT2D eigenvalue weighted by Crippen LogP contribution is -2.17. The molecule has 0 aromatic carbocycles. The molecule has 71 valence electrons. The number of nitrogens with one attached hydrogen (secondary N) is 1. The number of hydrogen-bond donors (Lipinski definition) is 1. The van der Waals surface area contributed by atoms with E-state index in [0.29, 0.717) is 0 Å². The second-order valence-corrected chi connectivity index (χ2v) is 3.33. The summed E-state index contributed by atoms with van der Waals surface area (Å²) in [5, 5.41) is 2.61. The maximum absolute atomic E-state index is 10.4. The molecule has 0 fully saturated rings. The van der Waals surface area contributed by atoms with Gasteiger partial charge >= 0.3 is 0 Å². The second kappa shape index (κ2) is 8.87. The van der Waals surface area contributed by atoms with Crippen molar-refractivity contribution in [3.8, 4) is 0 Å². The lowest BCUT2D eigenvalue weighted by Gasteiger charge is -2.01. The Hall–Kier alpha value is -0.220. The van der Waals surface area contributed by atoms with E-state index >= 15 is 0 Å². The Morgan fingerprint density at radius 1 is 1.67 bits per heavy atom. The largest absolute Gasteiger partial charge is 0.381 e. The maximum Gasteiger partial charge on any atom is 0.217 e. The van der Waals surface area contributed by atoms with Crippen molar-refractivity contribution >= 4 is 17.7 Å². The first kappa shape index (κ1) is 11.8. The molecule has 1 amide bonds. The molecule has 0 aromatic rings. The number of ether oxygens (including phenoxy) is 1. The third-order valence-corrected chi connectivity index (χ3v) is 1.94. The molecule has 0 aliphatic heterocycles. The molecule has 0 saturated heterocycles. The van der Waals surface area contributed by atoms with Crippen LogP contribution in [0.15, 0.2) is 0 Å². The van der Waals surface area contributed by atoms with Crippen LogP contribution in [0.5, 0.6) is 0 Å². The summed E-state index contributed by atoms with van der Waals surface area (Å²) < 4.78 is 5.14. The van der Waals surface area contributed by atoms with Gasteiger partial charge < -0.3 is 10.1 Å². The predicted molar refractivity (Wildman–Crippen MR) is 51.9 cm³/mol. The van der Waals surface area contributed by atoms with Crippen LogP contribution in [-0.2, 0) is 9.53 Å². The van der Waals surface area contributed by atoms with Crippen LogP contribution in [0.1, 0.15) is 13.8 Å². The van der Waals surface area contributed by atoms with Crippen LogP contribution in [0.4, 0.5) is 0 Å². The average Bonchev–Trinajstić information content (AvgIpc) is 2.02. The van der Waals surface area contributed by atoms with Gasteiger partial charge in [0.2, 0.25) is 5.91 Å². The molecular weight excluding hydrogens is 174 g/mol. The fourth-order valence-corrected chi connectivity index (χ4v) is 1.19. The minimum absolute atomic E-state index is 0.0135. The Morgan fingerprint density at radius 3 is 3.00 bits per heavy atom. The smallest absolute Gasteiger partial charge is 0.217 e. The van der Waals surface area contributed by atoms with Gasteiger partial charge in [-0.25, -0.2) is 0 Å². The number of carbonyl (C=O) groups is 1. The minimum Gasteiger partial charge on any atom is -0.381 e. The molecule has 0 aromatic heterocycles. The van der Waals surface area contributed by atoms with Crippen molar-refractivity contribution in [1.29, 1.82) is 0 Å². The van der Waals surface area contributed by atoms with Crippen molar-refractivity contribution in [2.45, 2.75) is 13.8 Å². The first-order valence-corrected chi connectivity index (χ1v) is 5.17. The summed E-state index contributed by atoms with van der Waals surface area (Å²) in [6.45, 7) is 6.81. The standard InChI is InChI=1S/C8H16NO2S/c1-3-11-5-7-12-6-4-9-8(2)10/h4H,3,5-7H2,1-2H3,(H,9,10). The minimum atomic E-state index is -0.0135. The van der Waals surface area contributed by atoms with Gasteiger partial charge in [-0.1, -0.05) is 0 Å². The lowest BCUT2D eigenvalue weighted by molar-refractivity contribution is -0.118. The van der Waals surface area contributed by atoms with Crippen molar-refractivity contribution in [1.82, 2.24) is 5.32 Å². The van der Waals surface area contributed by atoms with Gasteiger partial charge in [0, 0.05) is 25.0 Å². The van der Waals surface area contributed by atoms with Crippen LogP contribution in [0, 0.1) is 6.54 Å². The number of thioether (sulfide) groups is 1. The first-order valence-electron chi connectivity index (χ1n) is 4.01. The molecule has 0 aliphatic carbocycles. The van der Waals surface area contributed by atoms with E-state index in [1.807, 2.05) is 6.92 Å². The Bertz CT molecular complexity index is 120. The van der Waals surface area contributed by atoms with Gasteiger partial charge in [0.05, 0.1) is 13.2 Å². The van der Waals surface area contributed by atoms with Crippen LogP contribution in [-0.4, -0.2) is 30.6 Å². The van der Waals surface area contributed by atoms with Crippen LogP contribution in [0.3, 0.4) is 0 Å². The van der Waals surface area contributed by atoms with Crippen LogP contribution >= 0.6 is 11.8 Å². The van der Waals surface area contributed by atoms with Gasteiger partial charge in [-0.3, -0.25) is 4.79 Å². The molecule has 0 rings (SSSR count). The summed E-state index contributed by atoms with van der Waals surface area (Å²) in [5.74, 6) is 1.80. The molecule has 0 atom stereocenters. The van der Waals surface area contributed by atoms with Gasteiger partial charge in [-0.05, 0) is 6.92 Å². The van der Waals surface area contributed by atoms with Crippen molar-refractivity contribution in [2.24, 2.45) is 0 Å². The van der Waals surface area contributed by atoms with Crippen molar-refractivity contribution in [3.05, 3.63) is 6.54 Å². The Balaban J connectivity index is 2.86. The third-order valence-electron chi connectivity index (χ3n) is 1.08. The van der Waals surface area contributed by atoms with Gasteiger partial charge in [0.25, 0.3) is 0 Å². The molecule has 0 unspecified atom stereocenters. The Labute approximate surface area is 78.2 Å². The predicted octanol–water partition coefficient (Wildman–Crippen LogP) is 1.05. The summed E-state index contributed by atoms with van der Waals surface area (Å²) in [4.78, 5) is 10.4. The van der Waals surface area contributed by atoms with E-state index in [1.54, 1.807) is 18.3 Å². The Kier molecular flexibility index (Phi) is 8.71. The SMILES string of the molecule is CCOCCSC[CH]NC(C)=O. The van der Waals surface area contributed by atoms with Gasteiger partial charge in [-0.15, -0.1) is 0 Å². The zero-order chi connectivity index (χ0) is 9.23.